The van der Waals surface area contributed by atoms with Gasteiger partial charge in [0.1, 0.15) is 5.75 Å². The van der Waals surface area contributed by atoms with Gasteiger partial charge in [-0.3, -0.25) is 0 Å². The third kappa shape index (κ3) is 4.41. The Kier molecular flexibility index (Phi) is 5.99. The third-order valence-corrected chi connectivity index (χ3v) is 4.45. The molecule has 138 valence electrons. The fraction of sp³-hybridized carbons (Fsp3) is 0.136. The molecule has 3 aromatic rings. The minimum atomic E-state index is -0.368. The number of anilines is 1. The van der Waals surface area contributed by atoms with E-state index in [1.54, 1.807) is 13.2 Å². The summed E-state index contributed by atoms with van der Waals surface area (Å²) >= 11 is 6.14. The Balaban J connectivity index is 1.87. The van der Waals surface area contributed by atoms with E-state index in [9.17, 15) is 4.79 Å². The van der Waals surface area contributed by atoms with Crippen LogP contribution in [-0.2, 0) is 11.3 Å². The van der Waals surface area contributed by atoms with E-state index in [1.165, 1.54) is 7.11 Å². The van der Waals surface area contributed by atoms with Crippen molar-refractivity contribution in [1.29, 1.82) is 0 Å². The average molecular weight is 382 g/mol. The first-order valence-electron chi connectivity index (χ1n) is 8.46. The lowest BCUT2D eigenvalue weighted by atomic mass is 10.0. The third-order valence-electron chi connectivity index (χ3n) is 4.21. The van der Waals surface area contributed by atoms with Crippen LogP contribution in [0.15, 0.2) is 66.7 Å². The molecule has 0 heterocycles. The van der Waals surface area contributed by atoms with Crippen LogP contribution in [-0.4, -0.2) is 20.2 Å². The first-order chi connectivity index (χ1) is 13.1. The Labute approximate surface area is 163 Å². The van der Waals surface area contributed by atoms with Gasteiger partial charge >= 0.3 is 5.97 Å². The van der Waals surface area contributed by atoms with E-state index in [1.807, 2.05) is 54.6 Å². The molecule has 0 radical (unpaired) electrons. The normalized spacial score (nSPS) is 10.3. The number of methoxy groups -OCH3 is 2. The molecule has 0 spiro atoms. The maximum atomic E-state index is 11.9. The lowest BCUT2D eigenvalue weighted by Gasteiger charge is -2.14. The number of para-hydroxylation sites is 1. The van der Waals surface area contributed by atoms with Crippen molar-refractivity contribution >= 4 is 23.3 Å². The van der Waals surface area contributed by atoms with E-state index in [0.29, 0.717) is 17.1 Å². The Morgan fingerprint density at radius 3 is 2.56 bits per heavy atom. The summed E-state index contributed by atoms with van der Waals surface area (Å²) in [6.45, 7) is 0.547. The van der Waals surface area contributed by atoms with Crippen molar-refractivity contribution in [1.82, 2.24) is 0 Å². The molecule has 5 heteroatoms. The summed E-state index contributed by atoms with van der Waals surface area (Å²) in [7, 11) is 3.02. The molecular formula is C22H20ClNO3. The minimum Gasteiger partial charge on any atom is -0.496 e. The van der Waals surface area contributed by atoms with Gasteiger partial charge in [0.2, 0.25) is 0 Å². The summed E-state index contributed by atoms with van der Waals surface area (Å²) in [4.78, 5) is 11.9. The number of rotatable bonds is 6. The minimum absolute atomic E-state index is 0.368. The number of carbonyl (C=O) groups excluding carboxylic acids is 1. The molecule has 0 atom stereocenters. The van der Waals surface area contributed by atoms with Gasteiger partial charge in [0.15, 0.2) is 0 Å². The molecule has 0 unspecified atom stereocenters. The SMILES string of the molecule is COC(=O)c1ccccc1NCc1ccc(OC)c(-c2cccc(Cl)c2)c1. The quantitative estimate of drug-likeness (QED) is 0.579. The van der Waals surface area contributed by atoms with Crippen molar-refractivity contribution in [3.8, 4) is 16.9 Å². The summed E-state index contributed by atoms with van der Waals surface area (Å²) in [5.74, 6) is 0.406. The maximum Gasteiger partial charge on any atom is 0.339 e. The fourth-order valence-corrected chi connectivity index (χ4v) is 3.06. The second-order valence-corrected chi connectivity index (χ2v) is 6.37. The topological polar surface area (TPSA) is 47.6 Å². The van der Waals surface area contributed by atoms with Crippen LogP contribution in [0.2, 0.25) is 5.02 Å². The molecule has 0 amide bonds. The Bertz CT molecular complexity index is 956. The summed E-state index contributed by atoms with van der Waals surface area (Å²) in [6, 6.07) is 20.9. The Morgan fingerprint density at radius 2 is 1.81 bits per heavy atom. The predicted molar refractivity (Wildman–Crippen MR) is 109 cm³/mol. The summed E-state index contributed by atoms with van der Waals surface area (Å²) in [5, 5.41) is 3.98. The number of hydrogen-bond donors (Lipinski definition) is 1. The molecule has 0 saturated heterocycles. The summed E-state index contributed by atoms with van der Waals surface area (Å²) in [6.07, 6.45) is 0. The van der Waals surface area contributed by atoms with Crippen LogP contribution in [0, 0.1) is 0 Å². The lowest BCUT2D eigenvalue weighted by molar-refractivity contribution is 0.0602. The van der Waals surface area contributed by atoms with Crippen LogP contribution in [0.25, 0.3) is 11.1 Å². The van der Waals surface area contributed by atoms with Gasteiger partial charge in [0.05, 0.1) is 19.8 Å². The molecule has 0 aliphatic rings. The molecule has 1 N–H and O–H groups in total. The maximum absolute atomic E-state index is 11.9. The first-order valence-corrected chi connectivity index (χ1v) is 8.84. The zero-order valence-corrected chi connectivity index (χ0v) is 15.9. The molecule has 0 fully saturated rings. The van der Waals surface area contributed by atoms with Crippen molar-refractivity contribution in [2.45, 2.75) is 6.54 Å². The molecule has 4 nitrogen and oxygen atoms in total. The van der Waals surface area contributed by atoms with E-state index < -0.39 is 0 Å². The molecule has 0 aliphatic carbocycles. The second kappa shape index (κ2) is 8.60. The second-order valence-electron chi connectivity index (χ2n) is 5.94. The monoisotopic (exact) mass is 381 g/mol. The molecule has 0 bridgehead atoms. The largest absolute Gasteiger partial charge is 0.496 e. The predicted octanol–water partition coefficient (Wildman–Crippen LogP) is 5.41. The van der Waals surface area contributed by atoms with Crippen molar-refractivity contribution in [3.63, 3.8) is 0 Å². The van der Waals surface area contributed by atoms with E-state index in [4.69, 9.17) is 21.1 Å². The van der Waals surface area contributed by atoms with Gasteiger partial charge in [-0.2, -0.15) is 0 Å². The molecule has 3 aromatic carbocycles. The molecule has 3 rings (SSSR count). The van der Waals surface area contributed by atoms with Crippen molar-refractivity contribution in [3.05, 3.63) is 82.9 Å². The van der Waals surface area contributed by atoms with Gasteiger partial charge in [0, 0.05) is 22.8 Å². The zero-order valence-electron chi connectivity index (χ0n) is 15.2. The van der Waals surface area contributed by atoms with E-state index >= 15 is 0 Å². The Hall–Kier alpha value is -2.98. The smallest absolute Gasteiger partial charge is 0.339 e. The number of hydrogen-bond acceptors (Lipinski definition) is 4. The lowest BCUT2D eigenvalue weighted by Crippen LogP contribution is -2.08. The molecular weight excluding hydrogens is 362 g/mol. The molecule has 0 aliphatic heterocycles. The van der Waals surface area contributed by atoms with Crippen molar-refractivity contribution in [2.75, 3.05) is 19.5 Å². The van der Waals surface area contributed by atoms with Gasteiger partial charge in [-0.05, 0) is 47.5 Å². The van der Waals surface area contributed by atoms with E-state index in [-0.39, 0.29) is 5.97 Å². The van der Waals surface area contributed by atoms with Gasteiger partial charge in [0.25, 0.3) is 0 Å². The van der Waals surface area contributed by atoms with Crippen molar-refractivity contribution < 1.29 is 14.3 Å². The van der Waals surface area contributed by atoms with Crippen LogP contribution in [0.4, 0.5) is 5.69 Å². The van der Waals surface area contributed by atoms with Crippen LogP contribution in [0.3, 0.4) is 0 Å². The number of nitrogens with one attached hydrogen (secondary N) is 1. The van der Waals surface area contributed by atoms with Gasteiger partial charge in [-0.15, -0.1) is 0 Å². The number of halogens is 1. The van der Waals surface area contributed by atoms with Crippen LogP contribution >= 0.6 is 11.6 Å². The number of benzene rings is 3. The molecule has 0 aromatic heterocycles. The van der Waals surface area contributed by atoms with Gasteiger partial charge in [-0.25, -0.2) is 4.79 Å². The number of ether oxygens (including phenoxy) is 2. The van der Waals surface area contributed by atoms with Gasteiger partial charge < -0.3 is 14.8 Å². The molecule has 0 saturated carbocycles. The average Bonchev–Trinajstić information content (AvgIpc) is 2.71. The zero-order chi connectivity index (χ0) is 19.2. The fourth-order valence-electron chi connectivity index (χ4n) is 2.87. The van der Waals surface area contributed by atoms with Crippen LogP contribution in [0.5, 0.6) is 5.75 Å². The highest BCUT2D eigenvalue weighted by atomic mass is 35.5. The van der Waals surface area contributed by atoms with Crippen LogP contribution in [0.1, 0.15) is 15.9 Å². The summed E-state index contributed by atoms with van der Waals surface area (Å²) in [5.41, 5.74) is 4.22. The highest BCUT2D eigenvalue weighted by Crippen LogP contribution is 2.32. The summed E-state index contributed by atoms with van der Waals surface area (Å²) < 4.78 is 10.3. The number of carbonyl (C=O) groups is 1. The number of esters is 1. The first kappa shape index (κ1) is 18.8. The highest BCUT2D eigenvalue weighted by Gasteiger charge is 2.12. The van der Waals surface area contributed by atoms with Crippen LogP contribution < -0.4 is 10.1 Å². The Morgan fingerprint density at radius 1 is 1.00 bits per heavy atom. The van der Waals surface area contributed by atoms with E-state index in [2.05, 4.69) is 11.4 Å². The molecule has 27 heavy (non-hydrogen) atoms. The standard InChI is InChI=1S/C22H20ClNO3/c1-26-21-11-10-15(12-19(21)16-6-5-7-17(23)13-16)14-24-20-9-4-3-8-18(20)22(25)27-2/h3-13,24H,14H2,1-2H3. The van der Waals surface area contributed by atoms with Gasteiger partial charge in [-0.1, -0.05) is 41.9 Å². The van der Waals surface area contributed by atoms with Crippen molar-refractivity contribution in [2.24, 2.45) is 0 Å². The van der Waals surface area contributed by atoms with E-state index in [0.717, 1.165) is 28.1 Å². The highest BCUT2D eigenvalue weighted by molar-refractivity contribution is 6.30.